The summed E-state index contributed by atoms with van der Waals surface area (Å²) < 4.78 is 122. The van der Waals surface area contributed by atoms with E-state index in [0.717, 1.165) is 20.8 Å². The molecule has 45 atom stereocenters. The van der Waals surface area contributed by atoms with Gasteiger partial charge in [0.1, 0.15) is 250 Å². The Labute approximate surface area is 844 Å². The van der Waals surface area contributed by atoms with Crippen molar-refractivity contribution >= 4 is 35.2 Å². The molecule has 58 heteroatoms. The van der Waals surface area contributed by atoms with Crippen molar-refractivity contribution in [2.75, 3.05) is 106 Å². The van der Waals surface area contributed by atoms with Crippen LogP contribution in [0.4, 0.5) is 0 Å². The number of benzene rings is 2. The number of ether oxygens (including phenoxy) is 21. The zero-order chi connectivity index (χ0) is 108. The zero-order valence-corrected chi connectivity index (χ0v) is 80.8. The van der Waals surface area contributed by atoms with Crippen molar-refractivity contribution in [3.8, 4) is 28.4 Å². The Balaban J connectivity index is 0.703. The van der Waals surface area contributed by atoms with Gasteiger partial charge < -0.3 is 259 Å². The molecule has 2 aromatic rings. The van der Waals surface area contributed by atoms with Gasteiger partial charge in [0, 0.05) is 59.4 Å². The minimum absolute atomic E-state index is 0.0141. The molecule has 0 aromatic heterocycles. The monoisotopic (exact) mass is 2140 g/mol. The molecular formula is C90H140N4O54. The number of carbonyl (C=O) groups is 6. The number of aryl methyl sites for hydroxylation is 1. The van der Waals surface area contributed by atoms with Gasteiger partial charge in [0.05, 0.1) is 66.1 Å². The number of aliphatic hydroxyl groups is 27. The van der Waals surface area contributed by atoms with E-state index < -0.39 is 385 Å². The van der Waals surface area contributed by atoms with Crippen LogP contribution in [0.5, 0.6) is 17.2 Å². The number of ketones is 2. The number of hydrogen-bond donors (Lipinski definition) is 31. The molecule has 0 radical (unpaired) electrons. The fraction of sp³-hybridized carbons (Fsp3) is 0.800. The first kappa shape index (κ1) is 121. The fourth-order valence-corrected chi connectivity index (χ4v) is 18.1. The molecule has 0 bridgehead atoms. The lowest BCUT2D eigenvalue weighted by molar-refractivity contribution is -0.376. The molecule has 9 saturated heterocycles. The van der Waals surface area contributed by atoms with E-state index in [1.807, 2.05) is 0 Å². The van der Waals surface area contributed by atoms with E-state index in [0.29, 0.717) is 16.7 Å². The van der Waals surface area contributed by atoms with E-state index in [2.05, 4.69) is 21.3 Å². The van der Waals surface area contributed by atoms with E-state index in [1.165, 1.54) is 18.2 Å². The van der Waals surface area contributed by atoms with Crippen molar-refractivity contribution in [1.82, 2.24) is 21.3 Å². The van der Waals surface area contributed by atoms with Gasteiger partial charge in [-0.25, -0.2) is 0 Å². The van der Waals surface area contributed by atoms with Gasteiger partial charge >= 0.3 is 0 Å². The van der Waals surface area contributed by atoms with Crippen LogP contribution in [-0.2, 0) is 114 Å². The van der Waals surface area contributed by atoms with Crippen molar-refractivity contribution in [1.29, 1.82) is 0 Å². The summed E-state index contributed by atoms with van der Waals surface area (Å²) in [7, 11) is 0. The third kappa shape index (κ3) is 30.7. The minimum atomic E-state index is -2.09. The number of amides is 4. The van der Waals surface area contributed by atoms with Crippen molar-refractivity contribution in [3.63, 3.8) is 0 Å². The molecule has 9 aliphatic heterocycles. The first-order valence-electron chi connectivity index (χ1n) is 48.2. The minimum Gasteiger partial charge on any atom is -0.486 e. The molecule has 58 nitrogen and oxygen atoms in total. The Morgan fingerprint density at radius 2 is 0.527 bits per heavy atom. The highest BCUT2D eigenvalue weighted by Crippen LogP contribution is 2.41. The Kier molecular flexibility index (Phi) is 46.9. The van der Waals surface area contributed by atoms with Crippen LogP contribution in [0.2, 0.25) is 0 Å². The van der Waals surface area contributed by atoms with E-state index >= 15 is 0 Å². The van der Waals surface area contributed by atoms with Crippen LogP contribution in [0.1, 0.15) is 71.3 Å². The van der Waals surface area contributed by atoms with Gasteiger partial charge in [-0.2, -0.15) is 0 Å². The number of carbonyl (C=O) groups excluding carboxylic acids is 6. The smallest absolute Gasteiger partial charge is 0.257 e. The lowest BCUT2D eigenvalue weighted by atomic mass is 9.95. The lowest BCUT2D eigenvalue weighted by Crippen LogP contribution is -2.68. The van der Waals surface area contributed by atoms with Gasteiger partial charge in [-0.15, -0.1) is 0 Å². The molecule has 2 aromatic carbocycles. The maximum Gasteiger partial charge on any atom is 0.257 e. The molecule has 0 saturated carbocycles. The molecule has 18 unspecified atom stereocenters. The van der Waals surface area contributed by atoms with Gasteiger partial charge in [0.25, 0.3) is 5.91 Å². The molecule has 844 valence electrons. The van der Waals surface area contributed by atoms with Gasteiger partial charge in [-0.05, 0) is 80.0 Å². The number of rotatable bonds is 51. The molecule has 9 heterocycles. The normalized spacial score (nSPS) is 39.8. The second-order valence-electron chi connectivity index (χ2n) is 37.0. The Hall–Kier alpha value is -6.74. The van der Waals surface area contributed by atoms with Crippen molar-refractivity contribution in [2.45, 2.75) is 349 Å². The average molecular weight is 2140 g/mol. The molecule has 11 rings (SSSR count). The number of Topliss-reactive ketones (excluding diaryl/α,β-unsaturated/α-hetero) is 2. The quantitative estimate of drug-likeness (QED) is 0.0274. The fourth-order valence-electron chi connectivity index (χ4n) is 18.1. The topological polar surface area (TPSA) is 891 Å². The molecule has 0 aliphatic carbocycles. The summed E-state index contributed by atoms with van der Waals surface area (Å²) in [4.78, 5) is 78.8. The van der Waals surface area contributed by atoms with Gasteiger partial charge in [-0.1, -0.05) is 6.07 Å². The van der Waals surface area contributed by atoms with Gasteiger partial charge in [-0.3, -0.25) is 28.8 Å². The summed E-state index contributed by atoms with van der Waals surface area (Å²) in [5, 5.41) is 299. The molecule has 31 N–H and O–H groups in total. The summed E-state index contributed by atoms with van der Waals surface area (Å²) in [6.07, 6.45) is -75.0. The summed E-state index contributed by atoms with van der Waals surface area (Å²) in [6, 6.07) is 4.94. The lowest BCUT2D eigenvalue weighted by Gasteiger charge is -2.48. The summed E-state index contributed by atoms with van der Waals surface area (Å²) in [6.45, 7) is -5.50. The molecule has 0 spiro atoms. The molecular weight excluding hydrogens is 2000 g/mol. The predicted molar refractivity (Wildman–Crippen MR) is 478 cm³/mol. The maximum absolute atomic E-state index is 13.7. The molecule has 9 aliphatic rings. The van der Waals surface area contributed by atoms with E-state index in [-0.39, 0.29) is 94.3 Å². The average Bonchev–Trinajstić information content (AvgIpc) is 0.775. The second kappa shape index (κ2) is 57.1. The first-order chi connectivity index (χ1) is 70.5. The summed E-state index contributed by atoms with van der Waals surface area (Å²) >= 11 is 0. The first-order valence-corrected chi connectivity index (χ1v) is 48.2. The Bertz CT molecular complexity index is 4260. The number of nitrogens with one attached hydrogen (secondary N) is 4. The summed E-state index contributed by atoms with van der Waals surface area (Å²) in [5.41, 5.74) is 1.40. The van der Waals surface area contributed by atoms with Crippen LogP contribution in [0, 0.1) is 6.92 Å². The van der Waals surface area contributed by atoms with E-state index in [1.54, 1.807) is 25.1 Å². The van der Waals surface area contributed by atoms with E-state index in [4.69, 9.17) is 99.5 Å². The van der Waals surface area contributed by atoms with Crippen molar-refractivity contribution in [3.05, 3.63) is 42.0 Å². The number of hydrogen-bond acceptors (Lipinski definition) is 54. The summed E-state index contributed by atoms with van der Waals surface area (Å²) in [5.74, 6) is -3.42. The van der Waals surface area contributed by atoms with Crippen LogP contribution in [0.15, 0.2) is 36.4 Å². The third-order valence-corrected chi connectivity index (χ3v) is 26.1. The zero-order valence-electron chi connectivity index (χ0n) is 80.8. The third-order valence-electron chi connectivity index (χ3n) is 26.1. The maximum atomic E-state index is 13.7. The van der Waals surface area contributed by atoms with Gasteiger partial charge in [0.15, 0.2) is 74.8 Å². The van der Waals surface area contributed by atoms with E-state index in [9.17, 15) is 167 Å². The van der Waals surface area contributed by atoms with Crippen LogP contribution in [0.25, 0.3) is 11.1 Å². The molecule has 9 fully saturated rings. The standard InChI is InChI=1S/C90H140N4O54/c1-34-16-38(18-42(17-34)131-31-40(107)10-5-7-13-128-82-55(92-35(2)104)64(116)76(51(28-101)140-82)143-88-73(125)79(61(113)48(25-98)137-88)146-85-70(122)67(119)58(110)45(22-95)134-85)39-19-43(132-32-41(108)11-6-8-14-129-83-56(93-36(3)105)65(117)77(52(29-102)141-83)144-89-74(126)80(62(114)49(26-99)138-89)147-86-71(123)68(120)59(111)46(23-96)135-86)21-44(20-39)133-33-54(109)91-12-9-15-130-84-57(94-37(4)106)66(118)78(53(30-103)142-84)145-90-75(127)81(63(115)50(27-100)139-90)148-87-72(124)69(121)60(112)47(24-97)136-87/h16-21,45-53,55-90,95-103,110-127H,5-15,22-33H2,1-4H3,(H,91,109)(H,92,104)(H,93,105)(H,94,106)/t45?,46?,47?,48?,49?,50?,51?,52?,53?,55?,56?,57?,58-,59-,60-,61-,62-,63-,64+,65+,66+,67-,68-,69-,70?,71?,72?,73?,74?,75?,76+,77+,78+,79-,80-,81-,82+,83+,84+,85+,86+,87+,88-,89-,90-/m0/s1. The van der Waals surface area contributed by atoms with Crippen LogP contribution < -0.4 is 35.5 Å². The van der Waals surface area contributed by atoms with Crippen molar-refractivity contribution < 1.29 is 266 Å². The van der Waals surface area contributed by atoms with Gasteiger partial charge in [0.2, 0.25) is 17.7 Å². The largest absolute Gasteiger partial charge is 0.486 e. The second-order valence-corrected chi connectivity index (χ2v) is 37.0. The van der Waals surface area contributed by atoms with Crippen molar-refractivity contribution in [2.24, 2.45) is 0 Å². The SMILES string of the molecule is CC(=O)NC1[C@H](OCCCCC(=O)COc2cc(C)cc(-c3cc(OCC(=O)CCCCO[C@@H]4OC(CO)[C@@H](O[C@@H]5OC(CO)[C@H](O)[C@H](O[C@H]6OC(CO)[C@H](O)[C@H](O)C6O)C5O)[C@H](O)C4NC(C)=O)cc(OCC(=O)NCCCO[C@@H]4OC(CO)[C@@H](O[C@@H]5OC(CO)[C@H](O)[C@H](O[C@H]6OC(CO)[C@H](O)[C@H](O)C6O)C5O)[C@H](O)C4NC(C)=O)c3)c2)OC(CO)[C@@H](O[C@@H]2OC(CO)[C@H](O)[C@H](O[C@H]3OC(CO)[C@H](O)[C@H](O)C3O)C2O)[C@@H]1O. The van der Waals surface area contributed by atoms with Crippen LogP contribution in [0.3, 0.4) is 0 Å². The predicted octanol–water partition coefficient (Wildman–Crippen LogP) is -16.4. The Morgan fingerprint density at radius 3 is 0.824 bits per heavy atom. The number of unbranched alkanes of at least 4 members (excludes halogenated alkanes) is 2. The number of aliphatic hydroxyl groups excluding tert-OH is 27. The Morgan fingerprint density at radius 1 is 0.270 bits per heavy atom. The molecule has 4 amide bonds. The highest BCUT2D eigenvalue weighted by molar-refractivity contribution is 5.81. The van der Waals surface area contributed by atoms with Crippen LogP contribution >= 0.6 is 0 Å². The highest BCUT2D eigenvalue weighted by Gasteiger charge is 2.60. The highest BCUT2D eigenvalue weighted by atomic mass is 16.8. The van der Waals surface area contributed by atoms with Crippen LogP contribution in [-0.4, -0.2) is 555 Å². The molecule has 148 heavy (non-hydrogen) atoms.